The number of benzene rings is 2. The average Bonchev–Trinajstić information content (AvgIpc) is 3.50. The van der Waals surface area contributed by atoms with Gasteiger partial charge in [0.25, 0.3) is 0 Å². The molecule has 16 heteroatoms. The second-order valence-electron chi connectivity index (χ2n) is 11.7. The van der Waals surface area contributed by atoms with Crippen molar-refractivity contribution >= 4 is 17.5 Å². The number of ether oxygens (including phenoxy) is 8. The highest BCUT2D eigenvalue weighted by Crippen LogP contribution is 2.36. The fourth-order valence-electron chi connectivity index (χ4n) is 4.75. The summed E-state index contributed by atoms with van der Waals surface area (Å²) in [7, 11) is 0. The van der Waals surface area contributed by atoms with E-state index in [0.717, 1.165) is 42.0 Å². The van der Waals surface area contributed by atoms with Crippen molar-refractivity contribution in [3.05, 3.63) is 54.1 Å². The summed E-state index contributed by atoms with van der Waals surface area (Å²) in [6.07, 6.45) is -7.38. The van der Waals surface area contributed by atoms with Gasteiger partial charge in [0.05, 0.1) is 51.9 Å². The van der Waals surface area contributed by atoms with Crippen molar-refractivity contribution in [2.45, 2.75) is 63.2 Å². The van der Waals surface area contributed by atoms with Crippen LogP contribution in [0.3, 0.4) is 0 Å². The minimum Gasteiger partial charge on any atom is -0.491 e. The highest BCUT2D eigenvalue weighted by Gasteiger charge is 2.57. The Morgan fingerprint density at radius 2 is 1.13 bits per heavy atom. The van der Waals surface area contributed by atoms with Gasteiger partial charge in [0.15, 0.2) is 6.23 Å². The number of hydrogen-bond acceptors (Lipinski definition) is 10. The first-order chi connectivity index (χ1) is 25.0. The highest BCUT2D eigenvalue weighted by molar-refractivity contribution is 5.64. The van der Waals surface area contributed by atoms with E-state index in [0.29, 0.717) is 91.3 Å². The van der Waals surface area contributed by atoms with E-state index in [-0.39, 0.29) is 12.6 Å². The Morgan fingerprint density at radius 1 is 0.635 bits per heavy atom. The summed E-state index contributed by atoms with van der Waals surface area (Å²) >= 11 is 0. The van der Waals surface area contributed by atoms with Crippen LogP contribution in [0.4, 0.5) is 37.7 Å². The third kappa shape index (κ3) is 18.5. The Balaban J connectivity index is 1.02. The molecule has 0 aromatic heterocycles. The van der Waals surface area contributed by atoms with Crippen LogP contribution in [0.15, 0.2) is 48.5 Å². The van der Waals surface area contributed by atoms with Crippen molar-refractivity contribution < 1.29 is 64.2 Å². The summed E-state index contributed by atoms with van der Waals surface area (Å²) in [6.45, 7) is 4.40. The zero-order valence-electron chi connectivity index (χ0n) is 29.2. The minimum atomic E-state index is -5.48. The standard InChI is InChI=1S/C36H50F6N2O8/c37-35(38,39)34(36(40,41)42)51-18-6-2-5-17-46-20-19-45-15-3-1-4-16-47-21-22-48-23-24-49-25-26-50-30-12-13-31-32(27-30)52-33(44-31)14-9-28-7-10-29(43)11-8-28/h7-14,27,33-34,44H,1-6,15-26,43H2/b14-9+. The second-order valence-corrected chi connectivity index (χ2v) is 11.7. The lowest BCUT2D eigenvalue weighted by molar-refractivity contribution is -0.321. The molecule has 0 radical (unpaired) electrons. The molecule has 1 unspecified atom stereocenters. The van der Waals surface area contributed by atoms with Crippen LogP contribution in [-0.4, -0.2) is 104 Å². The van der Waals surface area contributed by atoms with Gasteiger partial charge in [0, 0.05) is 38.2 Å². The lowest BCUT2D eigenvalue weighted by Gasteiger charge is -2.23. The average molecular weight is 753 g/mol. The Bertz CT molecular complexity index is 1250. The van der Waals surface area contributed by atoms with Crippen molar-refractivity contribution in [1.29, 1.82) is 0 Å². The zero-order valence-corrected chi connectivity index (χ0v) is 29.2. The summed E-state index contributed by atoms with van der Waals surface area (Å²) in [5.74, 6) is 1.42. The smallest absolute Gasteiger partial charge is 0.423 e. The van der Waals surface area contributed by atoms with E-state index in [1.165, 1.54) is 0 Å². The molecule has 3 N–H and O–H groups in total. The largest absolute Gasteiger partial charge is 0.491 e. The van der Waals surface area contributed by atoms with Gasteiger partial charge < -0.3 is 48.9 Å². The highest BCUT2D eigenvalue weighted by atomic mass is 19.4. The van der Waals surface area contributed by atoms with Gasteiger partial charge in [-0.25, -0.2) is 0 Å². The van der Waals surface area contributed by atoms with E-state index in [4.69, 9.17) is 38.9 Å². The fraction of sp³-hybridized carbons (Fsp3) is 0.611. The van der Waals surface area contributed by atoms with E-state index < -0.39 is 25.1 Å². The maximum atomic E-state index is 12.4. The molecule has 3 rings (SSSR count). The third-order valence-electron chi connectivity index (χ3n) is 7.41. The number of unbranched alkanes of at least 4 members (excludes halogenated alkanes) is 4. The van der Waals surface area contributed by atoms with Gasteiger partial charge in [-0.2, -0.15) is 26.3 Å². The number of nitrogens with two attached hydrogens (primary N) is 1. The molecule has 0 fully saturated rings. The maximum absolute atomic E-state index is 12.4. The van der Waals surface area contributed by atoms with Crippen LogP contribution in [0.1, 0.15) is 44.1 Å². The third-order valence-corrected chi connectivity index (χ3v) is 7.41. The number of nitrogens with one attached hydrogen (secondary N) is 1. The van der Waals surface area contributed by atoms with Gasteiger partial charge in [-0.1, -0.05) is 18.2 Å². The number of anilines is 2. The lowest BCUT2D eigenvalue weighted by Crippen LogP contribution is -2.44. The van der Waals surface area contributed by atoms with E-state index in [2.05, 4.69) is 10.1 Å². The van der Waals surface area contributed by atoms with Gasteiger partial charge in [0.2, 0.25) is 6.10 Å². The minimum absolute atomic E-state index is 0.0754. The predicted octanol–water partition coefficient (Wildman–Crippen LogP) is 7.42. The number of halogens is 6. The van der Waals surface area contributed by atoms with Crippen LogP contribution >= 0.6 is 0 Å². The number of fused-ring (bicyclic) bond motifs is 1. The van der Waals surface area contributed by atoms with Crippen molar-refractivity contribution in [3.8, 4) is 11.5 Å². The van der Waals surface area contributed by atoms with Crippen LogP contribution in [0.5, 0.6) is 11.5 Å². The van der Waals surface area contributed by atoms with E-state index in [1.54, 1.807) is 0 Å². The van der Waals surface area contributed by atoms with E-state index in [1.807, 2.05) is 54.6 Å². The number of hydrogen-bond donors (Lipinski definition) is 2. The topological polar surface area (TPSA) is 112 Å². The quantitative estimate of drug-likeness (QED) is 0.0518. The molecule has 1 aliphatic heterocycles. The first kappa shape index (κ1) is 43.1. The molecule has 10 nitrogen and oxygen atoms in total. The Hall–Kier alpha value is -3.28. The molecule has 1 atom stereocenters. The SMILES string of the molecule is Nc1ccc(/C=C/C2Nc3ccc(OCCOCCOCCOCCCCCOCCOCCCCCOC(C(F)(F)F)C(F)(F)F)cc3O2)cc1. The van der Waals surface area contributed by atoms with E-state index in [9.17, 15) is 26.3 Å². The van der Waals surface area contributed by atoms with Crippen molar-refractivity contribution in [3.63, 3.8) is 0 Å². The molecule has 294 valence electrons. The normalized spacial score (nSPS) is 14.6. The van der Waals surface area contributed by atoms with Crippen molar-refractivity contribution in [2.75, 3.05) is 90.3 Å². The molecule has 0 aliphatic carbocycles. The molecule has 0 saturated carbocycles. The summed E-state index contributed by atoms with van der Waals surface area (Å²) in [6, 6.07) is 13.3. The Labute approximate surface area is 300 Å². The number of rotatable bonds is 28. The summed E-state index contributed by atoms with van der Waals surface area (Å²) < 4.78 is 118. The molecule has 1 heterocycles. The lowest BCUT2D eigenvalue weighted by atomic mass is 10.2. The fourth-order valence-corrected chi connectivity index (χ4v) is 4.75. The first-order valence-corrected chi connectivity index (χ1v) is 17.4. The summed E-state index contributed by atoms with van der Waals surface area (Å²) in [5.41, 5.74) is 8.38. The van der Waals surface area contributed by atoms with Gasteiger partial charge in [-0.05, 0) is 74.4 Å². The summed E-state index contributed by atoms with van der Waals surface area (Å²) in [5, 5.41) is 3.30. The molecule has 2 aromatic rings. The van der Waals surface area contributed by atoms with Crippen molar-refractivity contribution in [2.24, 2.45) is 0 Å². The van der Waals surface area contributed by atoms with Crippen LogP contribution in [0.2, 0.25) is 0 Å². The zero-order chi connectivity index (χ0) is 37.5. The van der Waals surface area contributed by atoms with E-state index >= 15 is 0 Å². The molecule has 0 amide bonds. The number of nitrogen functional groups attached to an aromatic ring is 1. The summed E-state index contributed by atoms with van der Waals surface area (Å²) in [4.78, 5) is 0. The molecular formula is C36H50F6N2O8. The van der Waals surface area contributed by atoms with Crippen LogP contribution in [0, 0.1) is 0 Å². The predicted molar refractivity (Wildman–Crippen MR) is 184 cm³/mol. The van der Waals surface area contributed by atoms with Crippen LogP contribution in [0.25, 0.3) is 6.08 Å². The molecule has 0 bridgehead atoms. The van der Waals surface area contributed by atoms with Gasteiger partial charge in [-0.3, -0.25) is 0 Å². The first-order valence-electron chi connectivity index (χ1n) is 17.4. The monoisotopic (exact) mass is 752 g/mol. The molecule has 2 aromatic carbocycles. The molecule has 52 heavy (non-hydrogen) atoms. The molecule has 0 saturated heterocycles. The molecule has 0 spiro atoms. The van der Waals surface area contributed by atoms with Gasteiger partial charge >= 0.3 is 12.4 Å². The Morgan fingerprint density at radius 3 is 1.67 bits per heavy atom. The molecule has 1 aliphatic rings. The van der Waals surface area contributed by atoms with Crippen molar-refractivity contribution in [1.82, 2.24) is 0 Å². The molecular weight excluding hydrogens is 702 g/mol. The Kier molecular flexibility index (Phi) is 20.0. The van der Waals surface area contributed by atoms with Gasteiger partial charge in [0.1, 0.15) is 18.1 Å². The number of alkyl halides is 6. The van der Waals surface area contributed by atoms with Gasteiger partial charge in [-0.15, -0.1) is 0 Å². The van der Waals surface area contributed by atoms with Crippen LogP contribution in [-0.2, 0) is 28.4 Å². The second kappa shape index (κ2) is 24.1. The maximum Gasteiger partial charge on any atom is 0.423 e. The van der Waals surface area contributed by atoms with Crippen LogP contribution < -0.4 is 20.5 Å².